The van der Waals surface area contributed by atoms with Crippen molar-refractivity contribution in [2.24, 2.45) is 5.73 Å². The summed E-state index contributed by atoms with van der Waals surface area (Å²) in [6.07, 6.45) is 10.00. The van der Waals surface area contributed by atoms with E-state index in [-0.39, 0.29) is 6.61 Å². The van der Waals surface area contributed by atoms with Crippen LogP contribution in [0.2, 0.25) is 0 Å². The first-order valence-electron chi connectivity index (χ1n) is 13.7. The second kappa shape index (κ2) is 11.2. The smallest absolute Gasteiger partial charge is 0.108 e. The van der Waals surface area contributed by atoms with Crippen molar-refractivity contribution in [3.05, 3.63) is 53.0 Å². The van der Waals surface area contributed by atoms with E-state index >= 15 is 0 Å². The molecule has 38 heavy (non-hydrogen) atoms. The number of nitrogens with one attached hydrogen (secondary N) is 1. The number of aromatic amines is 1. The fourth-order valence-corrected chi connectivity index (χ4v) is 5.96. The number of likely N-dealkylation sites (N-methyl/N-ethyl adjacent to an activating group) is 1. The van der Waals surface area contributed by atoms with Gasteiger partial charge >= 0.3 is 0 Å². The number of piperazine rings is 1. The average Bonchev–Trinajstić information content (AvgIpc) is 3.52. The molecule has 0 spiro atoms. The molecule has 9 nitrogen and oxygen atoms in total. The molecule has 0 unspecified atom stereocenters. The van der Waals surface area contributed by atoms with Crippen LogP contribution >= 0.6 is 0 Å². The molecule has 0 amide bonds. The predicted octanol–water partition coefficient (Wildman–Crippen LogP) is 2.92. The van der Waals surface area contributed by atoms with Crippen LogP contribution < -0.4 is 16.4 Å². The lowest BCUT2D eigenvalue weighted by Crippen LogP contribution is -2.45. The van der Waals surface area contributed by atoms with Crippen LogP contribution in [0.4, 0.5) is 11.5 Å². The molecule has 6 N–H and O–H groups in total. The standard InChI is InChI=1S/C29H42N8O/c1-20-14-22(15-21(2)28(20)36-10-8-34(3)9-11-36)27(30)16-25-26(18-32-29(25)31)23-17-33-37(19-23)24-4-6-35(7-5-24)12-13-38/h14-19,24,32,38H,4-13,30-31H2,1-3H3/b27-16-. The zero-order chi connectivity index (χ0) is 26.8. The van der Waals surface area contributed by atoms with Crippen molar-refractivity contribution in [1.82, 2.24) is 24.6 Å². The number of nitrogens with zero attached hydrogens (tertiary/aromatic N) is 5. The van der Waals surface area contributed by atoms with Crippen LogP contribution in [0.25, 0.3) is 22.9 Å². The lowest BCUT2D eigenvalue weighted by atomic mass is 9.99. The summed E-state index contributed by atoms with van der Waals surface area (Å²) < 4.78 is 2.08. The first-order chi connectivity index (χ1) is 18.3. The van der Waals surface area contributed by atoms with Gasteiger partial charge in [0.2, 0.25) is 0 Å². The number of aromatic nitrogens is 3. The highest BCUT2D eigenvalue weighted by molar-refractivity contribution is 5.90. The summed E-state index contributed by atoms with van der Waals surface area (Å²) in [7, 11) is 2.18. The molecule has 4 heterocycles. The van der Waals surface area contributed by atoms with Gasteiger partial charge in [-0.2, -0.15) is 5.10 Å². The largest absolute Gasteiger partial charge is 0.398 e. The molecule has 2 fully saturated rings. The fourth-order valence-electron chi connectivity index (χ4n) is 5.96. The van der Waals surface area contributed by atoms with Gasteiger partial charge in [0, 0.05) is 86.3 Å². The first-order valence-corrected chi connectivity index (χ1v) is 13.7. The molecule has 0 bridgehead atoms. The third kappa shape index (κ3) is 5.45. The van der Waals surface area contributed by atoms with Gasteiger partial charge in [0.1, 0.15) is 5.82 Å². The predicted molar refractivity (Wildman–Crippen MR) is 156 cm³/mol. The van der Waals surface area contributed by atoms with Crippen LogP contribution in [0, 0.1) is 13.8 Å². The molecular formula is C29H42N8O. The molecule has 1 aromatic carbocycles. The van der Waals surface area contributed by atoms with Gasteiger partial charge in [-0.3, -0.25) is 4.68 Å². The zero-order valence-electron chi connectivity index (χ0n) is 23.0. The number of aliphatic hydroxyl groups is 1. The van der Waals surface area contributed by atoms with Crippen molar-refractivity contribution in [1.29, 1.82) is 0 Å². The van der Waals surface area contributed by atoms with Crippen LogP contribution in [-0.4, -0.2) is 89.1 Å². The van der Waals surface area contributed by atoms with E-state index in [1.165, 1.54) is 16.8 Å². The molecule has 2 aromatic heterocycles. The number of benzene rings is 1. The Morgan fingerprint density at radius 3 is 2.45 bits per heavy atom. The highest BCUT2D eigenvalue weighted by atomic mass is 16.3. The Labute approximate surface area is 225 Å². The SMILES string of the molecule is Cc1cc(/C(N)=C/c2c(-c3cnn(C4CCN(CCO)CC4)c3)c[nH]c2N)cc(C)c1N1CCN(C)CC1. The van der Waals surface area contributed by atoms with E-state index in [1.54, 1.807) is 0 Å². The van der Waals surface area contributed by atoms with E-state index in [1.807, 2.05) is 18.5 Å². The normalized spacial score (nSPS) is 18.4. The molecule has 2 aliphatic heterocycles. The lowest BCUT2D eigenvalue weighted by molar-refractivity contribution is 0.146. The summed E-state index contributed by atoms with van der Waals surface area (Å²) in [5, 5.41) is 13.9. The maximum atomic E-state index is 9.21. The van der Waals surface area contributed by atoms with Crippen molar-refractivity contribution < 1.29 is 5.11 Å². The second-order valence-electron chi connectivity index (χ2n) is 10.9. The van der Waals surface area contributed by atoms with E-state index in [2.05, 4.69) is 63.6 Å². The van der Waals surface area contributed by atoms with Crippen LogP contribution in [0.15, 0.2) is 30.7 Å². The molecule has 204 valence electrons. The maximum Gasteiger partial charge on any atom is 0.108 e. The lowest BCUT2D eigenvalue weighted by Gasteiger charge is -2.36. The van der Waals surface area contributed by atoms with Crippen LogP contribution in [-0.2, 0) is 0 Å². The molecule has 0 aliphatic carbocycles. The Morgan fingerprint density at radius 1 is 1.11 bits per heavy atom. The maximum absolute atomic E-state index is 9.21. The molecular weight excluding hydrogens is 476 g/mol. The van der Waals surface area contributed by atoms with Crippen molar-refractivity contribution >= 4 is 23.3 Å². The van der Waals surface area contributed by atoms with E-state index in [0.717, 1.165) is 80.9 Å². The number of nitrogens with two attached hydrogens (primary N) is 2. The molecule has 3 aromatic rings. The minimum Gasteiger partial charge on any atom is -0.398 e. The Balaban J connectivity index is 1.36. The van der Waals surface area contributed by atoms with Gasteiger partial charge in [0.25, 0.3) is 0 Å². The third-order valence-corrected chi connectivity index (χ3v) is 8.16. The number of aliphatic hydroxyl groups excluding tert-OH is 1. The number of piperidine rings is 1. The first kappa shape index (κ1) is 26.3. The fraction of sp³-hybridized carbons (Fsp3) is 0.483. The molecule has 0 saturated carbocycles. The van der Waals surface area contributed by atoms with Crippen LogP contribution in [0.5, 0.6) is 0 Å². The number of aryl methyl sites for hydroxylation is 2. The number of hydrogen-bond donors (Lipinski definition) is 4. The third-order valence-electron chi connectivity index (χ3n) is 8.16. The minimum absolute atomic E-state index is 0.213. The van der Waals surface area contributed by atoms with Gasteiger partial charge < -0.3 is 36.3 Å². The highest BCUT2D eigenvalue weighted by Gasteiger charge is 2.22. The van der Waals surface area contributed by atoms with Crippen molar-refractivity contribution in [3.63, 3.8) is 0 Å². The Kier molecular flexibility index (Phi) is 7.78. The van der Waals surface area contributed by atoms with E-state index < -0.39 is 0 Å². The summed E-state index contributed by atoms with van der Waals surface area (Å²) in [6.45, 7) is 11.5. The number of β-amino-alcohol motifs (C(OH)–C–C–N with tert-alkyl or cyclic N) is 1. The average molecular weight is 519 g/mol. The molecule has 0 radical (unpaired) electrons. The second-order valence-corrected chi connectivity index (χ2v) is 10.9. The summed E-state index contributed by atoms with van der Waals surface area (Å²) in [5.41, 5.74) is 21.5. The number of nitrogen functional groups attached to an aromatic ring is 1. The molecule has 2 aliphatic rings. The minimum atomic E-state index is 0.213. The molecule has 0 atom stereocenters. The monoisotopic (exact) mass is 518 g/mol. The van der Waals surface area contributed by atoms with E-state index in [9.17, 15) is 5.11 Å². The number of rotatable bonds is 7. The Morgan fingerprint density at radius 2 is 1.79 bits per heavy atom. The summed E-state index contributed by atoms with van der Waals surface area (Å²) in [5.74, 6) is 0.593. The van der Waals surface area contributed by atoms with Gasteiger partial charge in [0.05, 0.1) is 18.8 Å². The van der Waals surface area contributed by atoms with Gasteiger partial charge in [0.15, 0.2) is 0 Å². The summed E-state index contributed by atoms with van der Waals surface area (Å²) in [4.78, 5) is 10.4. The molecule has 5 rings (SSSR count). The molecule has 9 heteroatoms. The summed E-state index contributed by atoms with van der Waals surface area (Å²) >= 11 is 0. The number of hydrogen-bond acceptors (Lipinski definition) is 7. The van der Waals surface area contributed by atoms with Gasteiger partial charge in [-0.1, -0.05) is 0 Å². The van der Waals surface area contributed by atoms with Crippen LogP contribution in [0.1, 0.15) is 41.1 Å². The van der Waals surface area contributed by atoms with E-state index in [4.69, 9.17) is 16.6 Å². The van der Waals surface area contributed by atoms with Crippen molar-refractivity contribution in [2.75, 3.05) is 70.1 Å². The molecule has 2 saturated heterocycles. The highest BCUT2D eigenvalue weighted by Crippen LogP contribution is 2.34. The van der Waals surface area contributed by atoms with E-state index in [0.29, 0.717) is 17.6 Å². The quantitative estimate of drug-likeness (QED) is 0.380. The van der Waals surface area contributed by atoms with Gasteiger partial charge in [-0.25, -0.2) is 0 Å². The van der Waals surface area contributed by atoms with Crippen LogP contribution in [0.3, 0.4) is 0 Å². The number of likely N-dealkylation sites (tertiary alicyclic amines) is 1. The zero-order valence-corrected chi connectivity index (χ0v) is 23.0. The van der Waals surface area contributed by atoms with Crippen molar-refractivity contribution in [3.8, 4) is 11.1 Å². The van der Waals surface area contributed by atoms with Gasteiger partial charge in [-0.15, -0.1) is 0 Å². The Hall–Kier alpha value is -3.27. The number of anilines is 2. The summed E-state index contributed by atoms with van der Waals surface area (Å²) in [6, 6.07) is 4.75. The van der Waals surface area contributed by atoms with Crippen molar-refractivity contribution in [2.45, 2.75) is 32.7 Å². The Bertz CT molecular complexity index is 1250. The number of H-pyrrole nitrogens is 1. The van der Waals surface area contributed by atoms with Gasteiger partial charge in [-0.05, 0) is 68.6 Å². The topological polar surface area (TPSA) is 116 Å².